The predicted octanol–water partition coefficient (Wildman–Crippen LogP) is 3.52. The first-order chi connectivity index (χ1) is 19.3. The average molecular weight is 552 g/mol. The van der Waals surface area contributed by atoms with Gasteiger partial charge >= 0.3 is 0 Å². The SMILES string of the molecule is Cc1cccc([C@@H](CO)NC(=O)C(C)N2Cc3ccc(-c4nc(NC5CCOCC5)ncc4F)c(F)c3C2=O)c1. The summed E-state index contributed by atoms with van der Waals surface area (Å²) in [7, 11) is 0. The van der Waals surface area contributed by atoms with Crippen LogP contribution in [0.5, 0.6) is 0 Å². The number of nitrogens with zero attached hydrogens (tertiary/aromatic N) is 3. The zero-order valence-electron chi connectivity index (χ0n) is 22.3. The summed E-state index contributed by atoms with van der Waals surface area (Å²) in [5, 5.41) is 15.8. The number of benzene rings is 2. The number of nitrogens with one attached hydrogen (secondary N) is 2. The van der Waals surface area contributed by atoms with Crippen molar-refractivity contribution in [3.8, 4) is 11.3 Å². The van der Waals surface area contributed by atoms with Crippen molar-refractivity contribution in [1.82, 2.24) is 20.2 Å². The van der Waals surface area contributed by atoms with Crippen LogP contribution in [0.1, 0.15) is 52.9 Å². The van der Waals surface area contributed by atoms with E-state index in [1.807, 2.05) is 25.1 Å². The molecule has 5 rings (SSSR count). The zero-order valence-corrected chi connectivity index (χ0v) is 22.3. The summed E-state index contributed by atoms with van der Waals surface area (Å²) >= 11 is 0. The van der Waals surface area contributed by atoms with Gasteiger partial charge in [0, 0.05) is 31.4 Å². The molecule has 40 heavy (non-hydrogen) atoms. The number of anilines is 1. The van der Waals surface area contributed by atoms with E-state index >= 15 is 4.39 Å². The fraction of sp³-hybridized carbons (Fsp3) is 0.379. The van der Waals surface area contributed by atoms with Gasteiger partial charge in [-0.1, -0.05) is 35.9 Å². The number of fused-ring (bicyclic) bond motifs is 1. The summed E-state index contributed by atoms with van der Waals surface area (Å²) < 4.78 is 35.9. The number of halogens is 2. The van der Waals surface area contributed by atoms with Gasteiger partial charge in [0.2, 0.25) is 11.9 Å². The largest absolute Gasteiger partial charge is 0.394 e. The van der Waals surface area contributed by atoms with Crippen molar-refractivity contribution < 1.29 is 28.2 Å². The van der Waals surface area contributed by atoms with Gasteiger partial charge in [-0.15, -0.1) is 0 Å². The molecule has 0 aliphatic carbocycles. The summed E-state index contributed by atoms with van der Waals surface area (Å²) in [6.07, 6.45) is 2.45. The molecule has 1 aromatic heterocycles. The van der Waals surface area contributed by atoms with Crippen LogP contribution in [-0.4, -0.2) is 63.7 Å². The van der Waals surface area contributed by atoms with Crippen molar-refractivity contribution >= 4 is 17.8 Å². The molecule has 2 atom stereocenters. The topological polar surface area (TPSA) is 117 Å². The molecule has 1 saturated heterocycles. The van der Waals surface area contributed by atoms with Crippen LogP contribution in [0.25, 0.3) is 11.3 Å². The second kappa shape index (κ2) is 11.6. The van der Waals surface area contributed by atoms with Crippen LogP contribution in [0.2, 0.25) is 0 Å². The summed E-state index contributed by atoms with van der Waals surface area (Å²) in [5.41, 5.74) is 1.45. The number of amides is 2. The van der Waals surface area contributed by atoms with Gasteiger partial charge in [0.25, 0.3) is 5.91 Å². The quantitative estimate of drug-likeness (QED) is 0.392. The molecule has 3 aromatic rings. The maximum atomic E-state index is 15.8. The normalized spacial score (nSPS) is 16.9. The molecule has 2 aromatic carbocycles. The average Bonchev–Trinajstić information content (AvgIpc) is 3.30. The Morgan fingerprint density at radius 2 is 2.00 bits per heavy atom. The van der Waals surface area contributed by atoms with Crippen molar-refractivity contribution in [2.24, 2.45) is 0 Å². The van der Waals surface area contributed by atoms with Crippen molar-refractivity contribution in [3.05, 3.63) is 76.5 Å². The Morgan fingerprint density at radius 3 is 2.73 bits per heavy atom. The second-order valence-corrected chi connectivity index (χ2v) is 10.1. The third kappa shape index (κ3) is 5.52. The molecule has 0 saturated carbocycles. The lowest BCUT2D eigenvalue weighted by atomic mass is 10.0. The Labute approximate surface area is 230 Å². The molecule has 210 valence electrons. The van der Waals surface area contributed by atoms with Gasteiger partial charge in [-0.25, -0.2) is 18.7 Å². The highest BCUT2D eigenvalue weighted by molar-refractivity contribution is 6.02. The fourth-order valence-corrected chi connectivity index (χ4v) is 5.08. The van der Waals surface area contributed by atoms with Gasteiger partial charge in [-0.05, 0) is 43.9 Å². The Balaban J connectivity index is 1.35. The Kier molecular flexibility index (Phi) is 8.04. The highest BCUT2D eigenvalue weighted by Crippen LogP contribution is 2.34. The number of aliphatic hydroxyl groups is 1. The summed E-state index contributed by atoms with van der Waals surface area (Å²) in [6, 6.07) is 8.76. The molecule has 0 radical (unpaired) electrons. The van der Waals surface area contributed by atoms with E-state index in [-0.39, 0.29) is 42.0 Å². The Morgan fingerprint density at radius 1 is 1.23 bits per heavy atom. The first-order valence-electron chi connectivity index (χ1n) is 13.2. The molecule has 2 amide bonds. The lowest BCUT2D eigenvalue weighted by molar-refractivity contribution is -0.126. The number of hydrogen-bond acceptors (Lipinski definition) is 7. The molecule has 3 N–H and O–H groups in total. The Bertz CT molecular complexity index is 1430. The van der Waals surface area contributed by atoms with E-state index in [0.717, 1.165) is 30.2 Å². The van der Waals surface area contributed by atoms with Crippen LogP contribution >= 0.6 is 0 Å². The van der Waals surface area contributed by atoms with Crippen molar-refractivity contribution in [2.45, 2.75) is 51.4 Å². The van der Waals surface area contributed by atoms with Crippen LogP contribution in [0.3, 0.4) is 0 Å². The maximum Gasteiger partial charge on any atom is 0.258 e. The van der Waals surface area contributed by atoms with Crippen LogP contribution < -0.4 is 10.6 Å². The molecule has 2 aliphatic heterocycles. The molecule has 11 heteroatoms. The standard InChI is InChI=1S/C29H31F2N5O4/c1-16-4-3-5-18(12-16)23(15-37)34-27(38)17(2)36-14-19-6-7-21(25(31)24(19)28(36)39)26-22(30)13-32-29(35-26)33-20-8-10-40-11-9-20/h3-7,12-13,17,20,23,37H,8-11,14-15H2,1-2H3,(H,34,38)(H,32,33,35)/t17?,23-/m1/s1. The van der Waals surface area contributed by atoms with Crippen molar-refractivity contribution in [1.29, 1.82) is 0 Å². The molecule has 1 unspecified atom stereocenters. The van der Waals surface area contributed by atoms with Gasteiger partial charge in [-0.2, -0.15) is 0 Å². The zero-order chi connectivity index (χ0) is 28.4. The van der Waals surface area contributed by atoms with E-state index in [4.69, 9.17) is 4.74 Å². The molecular formula is C29H31F2N5O4. The minimum atomic E-state index is -0.951. The van der Waals surface area contributed by atoms with Gasteiger partial charge < -0.3 is 25.4 Å². The third-order valence-corrected chi connectivity index (χ3v) is 7.39. The van der Waals surface area contributed by atoms with E-state index in [9.17, 15) is 19.1 Å². The predicted molar refractivity (Wildman–Crippen MR) is 143 cm³/mol. The molecule has 9 nitrogen and oxygen atoms in total. The molecule has 0 bridgehead atoms. The number of aromatic nitrogens is 2. The number of hydrogen-bond donors (Lipinski definition) is 3. The number of aryl methyl sites for hydroxylation is 1. The van der Waals surface area contributed by atoms with E-state index in [0.29, 0.717) is 18.8 Å². The summed E-state index contributed by atoms with van der Waals surface area (Å²) in [6.45, 7) is 4.31. The molecule has 3 heterocycles. The number of rotatable bonds is 8. The highest BCUT2D eigenvalue weighted by Gasteiger charge is 2.38. The number of carbonyl (C=O) groups excluding carboxylic acids is 2. The van der Waals surface area contributed by atoms with Gasteiger partial charge in [0.15, 0.2) is 5.82 Å². The van der Waals surface area contributed by atoms with Crippen molar-refractivity contribution in [2.75, 3.05) is 25.1 Å². The minimum Gasteiger partial charge on any atom is -0.394 e. The molecule has 2 aliphatic rings. The highest BCUT2D eigenvalue weighted by atomic mass is 19.1. The number of carbonyl (C=O) groups is 2. The van der Waals surface area contributed by atoms with E-state index in [1.54, 1.807) is 19.1 Å². The molecule has 1 fully saturated rings. The van der Waals surface area contributed by atoms with Crippen LogP contribution in [-0.2, 0) is 16.1 Å². The minimum absolute atomic E-state index is 0.0109. The number of ether oxygens (including phenoxy) is 1. The Hall–Kier alpha value is -3.96. The first-order valence-corrected chi connectivity index (χ1v) is 13.2. The third-order valence-electron chi connectivity index (χ3n) is 7.39. The number of aliphatic hydroxyl groups excluding tert-OH is 1. The molecular weight excluding hydrogens is 520 g/mol. The maximum absolute atomic E-state index is 15.8. The van der Waals surface area contributed by atoms with Crippen LogP contribution in [0.4, 0.5) is 14.7 Å². The lowest BCUT2D eigenvalue weighted by Gasteiger charge is -2.26. The van der Waals surface area contributed by atoms with E-state index < -0.39 is 35.5 Å². The van der Waals surface area contributed by atoms with Crippen molar-refractivity contribution in [3.63, 3.8) is 0 Å². The summed E-state index contributed by atoms with van der Waals surface area (Å²) in [5.74, 6) is -2.73. The monoisotopic (exact) mass is 551 g/mol. The summed E-state index contributed by atoms with van der Waals surface area (Å²) in [4.78, 5) is 35.9. The van der Waals surface area contributed by atoms with Crippen LogP contribution in [0, 0.1) is 18.6 Å². The van der Waals surface area contributed by atoms with Gasteiger partial charge in [-0.3, -0.25) is 9.59 Å². The van der Waals surface area contributed by atoms with Gasteiger partial charge in [0.1, 0.15) is 17.6 Å². The lowest BCUT2D eigenvalue weighted by Crippen LogP contribution is -2.46. The van der Waals surface area contributed by atoms with Gasteiger partial charge in [0.05, 0.1) is 24.4 Å². The second-order valence-electron chi connectivity index (χ2n) is 10.1. The fourth-order valence-electron chi connectivity index (χ4n) is 5.08. The smallest absolute Gasteiger partial charge is 0.258 e. The van der Waals surface area contributed by atoms with Crippen LogP contribution in [0.15, 0.2) is 42.6 Å². The van der Waals surface area contributed by atoms with E-state index in [2.05, 4.69) is 20.6 Å². The molecule has 0 spiro atoms. The first kappa shape index (κ1) is 27.6. The van der Waals surface area contributed by atoms with E-state index in [1.165, 1.54) is 11.0 Å².